The molecule has 0 amide bonds. The molecule has 1 aliphatic carbocycles. The normalized spacial score (nSPS) is 24.1. The average molecular weight is 271 g/mol. The minimum absolute atomic E-state index is 0.201. The lowest BCUT2D eigenvalue weighted by Crippen LogP contribution is -2.39. The van der Waals surface area contributed by atoms with Crippen LogP contribution in [0.4, 0.5) is 0 Å². The van der Waals surface area contributed by atoms with Crippen LogP contribution in [0.2, 0.25) is 0 Å². The molecule has 1 heterocycles. The molecule has 0 bridgehead atoms. The third kappa shape index (κ3) is 1.57. The second-order valence-corrected chi connectivity index (χ2v) is 4.88. The summed E-state index contributed by atoms with van der Waals surface area (Å²) in [6, 6.07) is 5.06. The van der Waals surface area contributed by atoms with Gasteiger partial charge in [0.2, 0.25) is 5.75 Å². The number of benzene rings is 1. The Morgan fingerprint density at radius 2 is 2.05 bits per heavy atom. The summed E-state index contributed by atoms with van der Waals surface area (Å²) in [5, 5.41) is 28.4. The number of phenols is 2. The zero-order valence-electron chi connectivity index (χ0n) is 10.5. The molecule has 0 saturated heterocycles. The van der Waals surface area contributed by atoms with Crippen molar-refractivity contribution in [3.05, 3.63) is 40.7 Å². The monoisotopic (exact) mass is 271 g/mol. The van der Waals surface area contributed by atoms with Crippen LogP contribution in [0.1, 0.15) is 5.56 Å². The van der Waals surface area contributed by atoms with Crippen LogP contribution in [-0.4, -0.2) is 16.3 Å². The number of hydrogen-bond donors (Lipinski definition) is 4. The van der Waals surface area contributed by atoms with Crippen LogP contribution in [0.3, 0.4) is 0 Å². The highest BCUT2D eigenvalue weighted by Gasteiger charge is 2.37. The molecule has 1 aromatic carbocycles. The van der Waals surface area contributed by atoms with E-state index in [1.165, 1.54) is 6.07 Å². The van der Waals surface area contributed by atoms with Crippen LogP contribution in [0.15, 0.2) is 35.2 Å². The molecule has 2 aliphatic rings. The largest absolute Gasteiger partial charge is 0.504 e. The van der Waals surface area contributed by atoms with Gasteiger partial charge in [-0.1, -0.05) is 6.07 Å². The molecule has 0 radical (unpaired) electrons. The summed E-state index contributed by atoms with van der Waals surface area (Å²) < 4.78 is 5.69. The number of fused-ring (bicyclic) bond motifs is 2. The molecule has 20 heavy (non-hydrogen) atoms. The third-order valence-electron chi connectivity index (χ3n) is 3.71. The van der Waals surface area contributed by atoms with Crippen LogP contribution < -0.4 is 16.2 Å². The van der Waals surface area contributed by atoms with E-state index in [1.807, 2.05) is 6.07 Å². The van der Waals surface area contributed by atoms with Crippen molar-refractivity contribution < 1.29 is 14.9 Å². The van der Waals surface area contributed by atoms with Crippen molar-refractivity contribution in [2.75, 3.05) is 0 Å². The standard InChI is InChI=1S/C14H13N3O3/c15-5-8-9(16)4-11-7(12(8)17)3-6-1-2-10(18)13(19)14(6)20-11/h1-2,4,7,11,18-19H,3,16-17H2. The van der Waals surface area contributed by atoms with Gasteiger partial charge in [-0.3, -0.25) is 0 Å². The van der Waals surface area contributed by atoms with Gasteiger partial charge in [-0.05, 0) is 24.1 Å². The van der Waals surface area contributed by atoms with Crippen LogP contribution in [0.5, 0.6) is 17.2 Å². The number of nitrogens with zero attached hydrogens (tertiary/aromatic N) is 1. The van der Waals surface area contributed by atoms with E-state index in [0.29, 0.717) is 12.1 Å². The van der Waals surface area contributed by atoms with Gasteiger partial charge < -0.3 is 26.4 Å². The lowest BCUT2D eigenvalue weighted by atomic mass is 9.82. The predicted octanol–water partition coefficient (Wildman–Crippen LogP) is 0.610. The van der Waals surface area contributed by atoms with Gasteiger partial charge in [0.05, 0.1) is 11.3 Å². The molecule has 0 aromatic heterocycles. The smallest absolute Gasteiger partial charge is 0.200 e. The first-order valence-corrected chi connectivity index (χ1v) is 6.10. The molecule has 2 unspecified atom stereocenters. The second kappa shape index (κ2) is 4.10. The van der Waals surface area contributed by atoms with Crippen LogP contribution in [0, 0.1) is 17.2 Å². The number of allylic oxidation sites excluding steroid dienone is 1. The lowest BCUT2D eigenvalue weighted by Gasteiger charge is -2.35. The highest BCUT2D eigenvalue weighted by Crippen LogP contribution is 2.45. The molecule has 2 atom stereocenters. The van der Waals surface area contributed by atoms with Crippen molar-refractivity contribution in [2.24, 2.45) is 17.4 Å². The van der Waals surface area contributed by atoms with E-state index in [4.69, 9.17) is 21.5 Å². The summed E-state index contributed by atoms with van der Waals surface area (Å²) in [6.07, 6.45) is 1.67. The van der Waals surface area contributed by atoms with E-state index in [0.717, 1.165) is 5.56 Å². The topological polar surface area (TPSA) is 126 Å². The zero-order chi connectivity index (χ0) is 14.4. The number of ether oxygens (including phenoxy) is 1. The Morgan fingerprint density at radius 1 is 1.30 bits per heavy atom. The highest BCUT2D eigenvalue weighted by molar-refractivity contribution is 5.57. The third-order valence-corrected chi connectivity index (χ3v) is 3.71. The van der Waals surface area contributed by atoms with Gasteiger partial charge in [-0.15, -0.1) is 0 Å². The van der Waals surface area contributed by atoms with Gasteiger partial charge in [0, 0.05) is 11.6 Å². The fourth-order valence-corrected chi connectivity index (χ4v) is 2.64. The molecule has 1 aliphatic heterocycles. The van der Waals surface area contributed by atoms with Gasteiger partial charge >= 0.3 is 0 Å². The molecule has 6 N–H and O–H groups in total. The van der Waals surface area contributed by atoms with Crippen molar-refractivity contribution in [3.8, 4) is 23.3 Å². The fourth-order valence-electron chi connectivity index (χ4n) is 2.64. The Balaban J connectivity index is 2.09. The minimum atomic E-state index is -0.452. The Labute approximate surface area is 115 Å². The summed E-state index contributed by atoms with van der Waals surface area (Å²) in [6.45, 7) is 0. The van der Waals surface area contributed by atoms with Crippen molar-refractivity contribution >= 4 is 0 Å². The van der Waals surface area contributed by atoms with Gasteiger partial charge in [-0.2, -0.15) is 5.26 Å². The summed E-state index contributed by atoms with van der Waals surface area (Å²) in [4.78, 5) is 0. The number of aromatic hydroxyl groups is 2. The first-order chi connectivity index (χ1) is 9.52. The van der Waals surface area contributed by atoms with Crippen molar-refractivity contribution in [1.82, 2.24) is 0 Å². The molecule has 6 nitrogen and oxygen atoms in total. The second-order valence-electron chi connectivity index (χ2n) is 4.88. The molecule has 0 fully saturated rings. The first kappa shape index (κ1) is 12.2. The van der Waals surface area contributed by atoms with Gasteiger partial charge in [0.15, 0.2) is 11.5 Å². The zero-order valence-corrected chi connectivity index (χ0v) is 10.5. The summed E-state index contributed by atoms with van der Waals surface area (Å²) in [5.74, 6) is -0.491. The van der Waals surface area contributed by atoms with Crippen molar-refractivity contribution in [3.63, 3.8) is 0 Å². The van der Waals surface area contributed by atoms with Gasteiger partial charge in [0.1, 0.15) is 12.2 Å². The Kier molecular flexibility index (Phi) is 2.51. The molecular formula is C14H13N3O3. The maximum atomic E-state index is 9.84. The Bertz CT molecular complexity index is 700. The van der Waals surface area contributed by atoms with Crippen molar-refractivity contribution in [1.29, 1.82) is 5.26 Å². The summed E-state index contributed by atoms with van der Waals surface area (Å²) in [7, 11) is 0. The Hall–Kier alpha value is -2.81. The van der Waals surface area contributed by atoms with E-state index in [9.17, 15) is 10.2 Å². The average Bonchev–Trinajstić information content (AvgIpc) is 2.43. The maximum Gasteiger partial charge on any atom is 0.200 e. The van der Waals surface area contributed by atoms with E-state index in [1.54, 1.807) is 12.1 Å². The summed E-state index contributed by atoms with van der Waals surface area (Å²) in [5.41, 5.74) is 13.5. The lowest BCUT2D eigenvalue weighted by molar-refractivity contribution is 0.161. The van der Waals surface area contributed by atoms with Crippen LogP contribution in [-0.2, 0) is 6.42 Å². The predicted molar refractivity (Wildman–Crippen MR) is 70.5 cm³/mol. The van der Waals surface area contributed by atoms with Crippen LogP contribution in [0.25, 0.3) is 0 Å². The van der Waals surface area contributed by atoms with Gasteiger partial charge in [0.25, 0.3) is 0 Å². The first-order valence-electron chi connectivity index (χ1n) is 6.10. The maximum absolute atomic E-state index is 9.84. The number of nitrogens with two attached hydrogens (primary N) is 2. The number of rotatable bonds is 0. The number of hydrogen-bond acceptors (Lipinski definition) is 6. The van der Waals surface area contributed by atoms with E-state index >= 15 is 0 Å². The molecule has 3 rings (SSSR count). The molecular weight excluding hydrogens is 258 g/mol. The molecule has 6 heteroatoms. The van der Waals surface area contributed by atoms with Crippen molar-refractivity contribution in [2.45, 2.75) is 12.5 Å². The van der Waals surface area contributed by atoms with E-state index in [-0.39, 0.29) is 34.4 Å². The Morgan fingerprint density at radius 3 is 2.75 bits per heavy atom. The molecule has 0 spiro atoms. The minimum Gasteiger partial charge on any atom is -0.504 e. The SMILES string of the molecule is N#CC1=C(N)C2Cc3ccc(O)c(O)c3OC2C=C1N. The molecule has 1 aromatic rings. The molecule has 102 valence electrons. The fraction of sp³-hybridized carbons (Fsp3) is 0.214. The van der Waals surface area contributed by atoms with E-state index in [2.05, 4.69) is 0 Å². The molecule has 0 saturated carbocycles. The number of nitriles is 1. The van der Waals surface area contributed by atoms with E-state index < -0.39 is 6.10 Å². The number of phenolic OH excluding ortho intramolecular Hbond substituents is 2. The van der Waals surface area contributed by atoms with Crippen LogP contribution >= 0.6 is 0 Å². The summed E-state index contributed by atoms with van der Waals surface area (Å²) >= 11 is 0. The highest BCUT2D eigenvalue weighted by atomic mass is 16.5. The van der Waals surface area contributed by atoms with Gasteiger partial charge in [-0.25, -0.2) is 0 Å². The quantitative estimate of drug-likeness (QED) is 0.512.